The van der Waals surface area contributed by atoms with Crippen LogP contribution in [-0.4, -0.2) is 29.8 Å². The summed E-state index contributed by atoms with van der Waals surface area (Å²) in [5.41, 5.74) is -0.570. The van der Waals surface area contributed by atoms with Gasteiger partial charge in [0.2, 0.25) is 0 Å². The molecule has 1 heterocycles. The zero-order valence-corrected chi connectivity index (χ0v) is 11.1. The minimum Gasteiger partial charge on any atom is -0.332 e. The molecule has 0 atom stereocenters. The monoisotopic (exact) mass is 265 g/mol. The molecular weight excluding hydrogens is 250 g/mol. The first-order chi connectivity index (χ1) is 7.27. The molecule has 0 aliphatic carbocycles. The highest BCUT2D eigenvalue weighted by Gasteiger charge is 2.26. The summed E-state index contributed by atoms with van der Waals surface area (Å²) in [5, 5.41) is 0.0765. The van der Waals surface area contributed by atoms with Crippen molar-refractivity contribution < 1.29 is 8.42 Å². The number of hydrogen-bond acceptors (Lipinski definition) is 3. The molecule has 0 aromatic carbocycles. The van der Waals surface area contributed by atoms with Gasteiger partial charge < -0.3 is 4.98 Å². The number of rotatable bonds is 5. The van der Waals surface area contributed by atoms with Gasteiger partial charge in [-0.25, -0.2) is 18.1 Å². The lowest BCUT2D eigenvalue weighted by Crippen LogP contribution is -2.43. The van der Waals surface area contributed by atoms with Crippen molar-refractivity contribution in [2.75, 3.05) is 5.88 Å². The van der Waals surface area contributed by atoms with Crippen molar-refractivity contribution >= 4 is 21.6 Å². The van der Waals surface area contributed by atoms with Gasteiger partial charge in [-0.3, -0.25) is 0 Å². The van der Waals surface area contributed by atoms with E-state index in [4.69, 9.17) is 11.6 Å². The lowest BCUT2D eigenvalue weighted by atomic mass is 10.0. The molecule has 0 fully saturated rings. The van der Waals surface area contributed by atoms with Crippen LogP contribution in [0.15, 0.2) is 11.2 Å². The van der Waals surface area contributed by atoms with Crippen molar-refractivity contribution in [1.82, 2.24) is 14.7 Å². The Morgan fingerprint density at radius 1 is 1.56 bits per heavy atom. The molecule has 0 amide bonds. The predicted octanol–water partition coefficient (Wildman–Crippen LogP) is 1.40. The predicted molar refractivity (Wildman–Crippen MR) is 63.1 cm³/mol. The summed E-state index contributed by atoms with van der Waals surface area (Å²) in [6.45, 7) is 5.27. The standard InChI is InChI=1S/C9H16ClN3O2S/c1-7-11-6-8(12-7)16(14,15)13-9(2,3)4-5-10/h6,13H,4-5H2,1-3H3,(H,11,12). The van der Waals surface area contributed by atoms with Crippen molar-refractivity contribution in [3.05, 3.63) is 12.0 Å². The Balaban J connectivity index is 2.88. The zero-order valence-electron chi connectivity index (χ0n) is 9.54. The van der Waals surface area contributed by atoms with E-state index >= 15 is 0 Å². The largest absolute Gasteiger partial charge is 0.332 e. The number of nitrogens with zero attached hydrogens (tertiary/aromatic N) is 1. The maximum atomic E-state index is 11.9. The van der Waals surface area contributed by atoms with E-state index in [9.17, 15) is 8.42 Å². The van der Waals surface area contributed by atoms with Crippen molar-refractivity contribution in [3.63, 3.8) is 0 Å². The molecule has 16 heavy (non-hydrogen) atoms. The summed E-state index contributed by atoms with van der Waals surface area (Å²) < 4.78 is 26.4. The van der Waals surface area contributed by atoms with Crippen LogP contribution in [0.4, 0.5) is 0 Å². The van der Waals surface area contributed by atoms with Gasteiger partial charge >= 0.3 is 0 Å². The van der Waals surface area contributed by atoms with Gasteiger partial charge in [0.25, 0.3) is 10.0 Å². The highest BCUT2D eigenvalue weighted by atomic mass is 35.5. The van der Waals surface area contributed by atoms with Crippen molar-refractivity contribution in [2.45, 2.75) is 37.8 Å². The third kappa shape index (κ3) is 3.47. The fraction of sp³-hybridized carbons (Fsp3) is 0.667. The maximum Gasteiger partial charge on any atom is 0.258 e. The molecule has 92 valence electrons. The lowest BCUT2D eigenvalue weighted by Gasteiger charge is -2.24. The van der Waals surface area contributed by atoms with Gasteiger partial charge in [-0.1, -0.05) is 0 Å². The molecule has 0 bridgehead atoms. The average molecular weight is 266 g/mol. The SMILES string of the molecule is Cc1ncc(S(=O)(=O)NC(C)(C)CCCl)[nH]1. The molecule has 1 aromatic rings. The molecule has 0 saturated carbocycles. The van der Waals surface area contributed by atoms with Gasteiger partial charge in [-0.05, 0) is 27.2 Å². The quantitative estimate of drug-likeness (QED) is 0.791. The van der Waals surface area contributed by atoms with Gasteiger partial charge in [-0.15, -0.1) is 11.6 Å². The van der Waals surface area contributed by atoms with Crippen LogP contribution >= 0.6 is 11.6 Å². The molecule has 7 heteroatoms. The minimum atomic E-state index is -3.55. The van der Waals surface area contributed by atoms with Gasteiger partial charge in [0.05, 0.1) is 6.20 Å². The molecule has 0 aliphatic rings. The molecule has 5 nitrogen and oxygen atoms in total. The number of alkyl halides is 1. The summed E-state index contributed by atoms with van der Waals surface area (Å²) in [6.07, 6.45) is 1.86. The summed E-state index contributed by atoms with van der Waals surface area (Å²) in [4.78, 5) is 6.54. The van der Waals surface area contributed by atoms with Crippen LogP contribution in [0.3, 0.4) is 0 Å². The first-order valence-electron chi connectivity index (χ1n) is 4.88. The maximum absolute atomic E-state index is 11.9. The van der Waals surface area contributed by atoms with Crippen LogP contribution in [-0.2, 0) is 10.0 Å². The number of aromatic nitrogens is 2. The smallest absolute Gasteiger partial charge is 0.258 e. The van der Waals surface area contributed by atoms with Gasteiger partial charge in [0.1, 0.15) is 5.82 Å². The Bertz CT molecular complexity index is 453. The zero-order chi connectivity index (χ0) is 12.4. The Morgan fingerprint density at radius 2 is 2.19 bits per heavy atom. The number of halogens is 1. The van der Waals surface area contributed by atoms with Crippen LogP contribution < -0.4 is 4.72 Å². The van der Waals surface area contributed by atoms with E-state index in [-0.39, 0.29) is 5.03 Å². The van der Waals surface area contributed by atoms with Crippen LogP contribution in [0.2, 0.25) is 0 Å². The Hall–Kier alpha value is -0.590. The number of nitrogens with one attached hydrogen (secondary N) is 2. The number of hydrogen-bond donors (Lipinski definition) is 2. The first-order valence-corrected chi connectivity index (χ1v) is 6.90. The summed E-state index contributed by atoms with van der Waals surface area (Å²) in [5.74, 6) is 0.966. The number of imidazole rings is 1. The van der Waals surface area contributed by atoms with E-state index in [2.05, 4.69) is 14.7 Å². The molecule has 0 spiro atoms. The third-order valence-electron chi connectivity index (χ3n) is 2.10. The van der Waals surface area contributed by atoms with Crippen LogP contribution in [0.1, 0.15) is 26.1 Å². The minimum absolute atomic E-state index is 0.0765. The molecule has 0 aliphatic heterocycles. The Morgan fingerprint density at radius 3 is 2.62 bits per heavy atom. The molecule has 2 N–H and O–H groups in total. The summed E-state index contributed by atoms with van der Waals surface area (Å²) >= 11 is 5.61. The third-order valence-corrected chi connectivity index (χ3v) is 3.90. The first kappa shape index (κ1) is 13.5. The van der Waals surface area contributed by atoms with Crippen LogP contribution in [0.25, 0.3) is 0 Å². The van der Waals surface area contributed by atoms with E-state index in [1.54, 1.807) is 20.8 Å². The molecule has 0 radical (unpaired) electrons. The van der Waals surface area contributed by atoms with E-state index in [0.717, 1.165) is 0 Å². The molecule has 1 aromatic heterocycles. The fourth-order valence-corrected chi connectivity index (χ4v) is 3.13. The van der Waals surface area contributed by atoms with Crippen molar-refractivity contribution in [1.29, 1.82) is 0 Å². The molecule has 0 unspecified atom stereocenters. The number of sulfonamides is 1. The number of aryl methyl sites for hydroxylation is 1. The van der Waals surface area contributed by atoms with Gasteiger partial charge in [0.15, 0.2) is 5.03 Å². The second-order valence-electron chi connectivity index (χ2n) is 4.26. The average Bonchev–Trinajstić information content (AvgIpc) is 2.49. The molecule has 0 saturated heterocycles. The summed E-state index contributed by atoms with van der Waals surface area (Å²) in [6, 6.07) is 0. The van der Waals surface area contributed by atoms with Crippen molar-refractivity contribution in [2.24, 2.45) is 0 Å². The second kappa shape index (κ2) is 4.73. The normalized spacial score (nSPS) is 13.0. The number of H-pyrrole nitrogens is 1. The van der Waals surface area contributed by atoms with E-state index in [0.29, 0.717) is 18.1 Å². The second-order valence-corrected chi connectivity index (χ2v) is 6.29. The highest BCUT2D eigenvalue weighted by Crippen LogP contribution is 2.14. The van der Waals surface area contributed by atoms with E-state index < -0.39 is 15.6 Å². The van der Waals surface area contributed by atoms with E-state index in [1.807, 2.05) is 0 Å². The van der Waals surface area contributed by atoms with Crippen LogP contribution in [0, 0.1) is 6.92 Å². The fourth-order valence-electron chi connectivity index (χ4n) is 1.24. The lowest BCUT2D eigenvalue weighted by molar-refractivity contribution is 0.440. The Kier molecular flexibility index (Phi) is 3.98. The van der Waals surface area contributed by atoms with Crippen molar-refractivity contribution in [3.8, 4) is 0 Å². The molecular formula is C9H16ClN3O2S. The van der Waals surface area contributed by atoms with E-state index in [1.165, 1.54) is 6.20 Å². The number of aromatic amines is 1. The van der Waals surface area contributed by atoms with Gasteiger partial charge in [0, 0.05) is 11.4 Å². The Labute approximate surface area is 101 Å². The topological polar surface area (TPSA) is 74.8 Å². The highest BCUT2D eigenvalue weighted by molar-refractivity contribution is 7.89. The van der Waals surface area contributed by atoms with Crippen LogP contribution in [0.5, 0.6) is 0 Å². The van der Waals surface area contributed by atoms with Gasteiger partial charge in [-0.2, -0.15) is 0 Å². The molecule has 1 rings (SSSR count). The summed E-state index contributed by atoms with van der Waals surface area (Å²) in [7, 11) is -3.55.